The molecule has 0 radical (unpaired) electrons. The molecule has 0 saturated carbocycles. The predicted octanol–water partition coefficient (Wildman–Crippen LogP) is 2.43. The Morgan fingerprint density at radius 1 is 1.50 bits per heavy atom. The van der Waals surface area contributed by atoms with E-state index in [1.807, 2.05) is 4.90 Å². The first-order chi connectivity index (χ1) is 13.1. The van der Waals surface area contributed by atoms with E-state index in [0.717, 1.165) is 12.8 Å². The number of ether oxygens (including phenoxy) is 1. The Morgan fingerprint density at radius 2 is 2.21 bits per heavy atom. The number of nitro groups is 1. The molecule has 1 aliphatic heterocycles. The van der Waals surface area contributed by atoms with Crippen LogP contribution in [-0.2, 0) is 4.74 Å². The molecular formula is C18H27N5O5. The van der Waals surface area contributed by atoms with Gasteiger partial charge < -0.3 is 25.9 Å². The van der Waals surface area contributed by atoms with Gasteiger partial charge in [-0.25, -0.2) is 4.79 Å². The van der Waals surface area contributed by atoms with Gasteiger partial charge in [0.25, 0.3) is 5.69 Å². The largest absolute Gasteiger partial charge is 0.444 e. The summed E-state index contributed by atoms with van der Waals surface area (Å²) in [6, 6.07) is 4.35. The van der Waals surface area contributed by atoms with Crippen molar-refractivity contribution in [3.8, 4) is 0 Å². The number of anilines is 1. The second-order valence-corrected chi connectivity index (χ2v) is 7.78. The number of hydrogen-bond acceptors (Lipinski definition) is 7. The van der Waals surface area contributed by atoms with Gasteiger partial charge >= 0.3 is 6.09 Å². The first-order valence-corrected chi connectivity index (χ1v) is 9.09. The van der Waals surface area contributed by atoms with Crippen molar-refractivity contribution in [2.24, 2.45) is 16.8 Å². The van der Waals surface area contributed by atoms with Crippen molar-refractivity contribution in [2.75, 3.05) is 24.5 Å². The highest BCUT2D eigenvalue weighted by molar-refractivity contribution is 5.98. The second kappa shape index (κ2) is 8.77. The summed E-state index contributed by atoms with van der Waals surface area (Å²) in [5.74, 6) is 0.00434. The van der Waals surface area contributed by atoms with Gasteiger partial charge in [-0.05, 0) is 51.7 Å². The number of nitrogens with one attached hydrogen (secondary N) is 1. The molecule has 1 fully saturated rings. The van der Waals surface area contributed by atoms with Gasteiger partial charge in [0.05, 0.1) is 4.92 Å². The summed E-state index contributed by atoms with van der Waals surface area (Å²) in [6.45, 7) is 6.98. The van der Waals surface area contributed by atoms with Crippen molar-refractivity contribution >= 4 is 23.3 Å². The third-order valence-corrected chi connectivity index (χ3v) is 4.37. The van der Waals surface area contributed by atoms with Gasteiger partial charge in [-0.2, -0.15) is 0 Å². The van der Waals surface area contributed by atoms with E-state index >= 15 is 0 Å². The highest BCUT2D eigenvalue weighted by atomic mass is 16.6. The number of rotatable bonds is 5. The fourth-order valence-corrected chi connectivity index (χ4v) is 3.14. The topological polar surface area (TPSA) is 143 Å². The number of carbonyl (C=O) groups excluding carboxylic acids is 1. The van der Waals surface area contributed by atoms with Gasteiger partial charge in [0, 0.05) is 31.3 Å². The molecule has 1 aromatic carbocycles. The van der Waals surface area contributed by atoms with Crippen molar-refractivity contribution in [1.82, 2.24) is 5.32 Å². The van der Waals surface area contributed by atoms with E-state index in [4.69, 9.17) is 15.7 Å². The van der Waals surface area contributed by atoms with Gasteiger partial charge in [0.1, 0.15) is 11.3 Å². The highest BCUT2D eigenvalue weighted by Gasteiger charge is 2.27. The summed E-state index contributed by atoms with van der Waals surface area (Å²) in [5, 5.41) is 26.0. The third kappa shape index (κ3) is 5.73. The van der Waals surface area contributed by atoms with Crippen LogP contribution in [0.25, 0.3) is 0 Å². The van der Waals surface area contributed by atoms with Crippen molar-refractivity contribution in [3.63, 3.8) is 0 Å². The molecule has 0 aliphatic carbocycles. The van der Waals surface area contributed by atoms with E-state index in [2.05, 4.69) is 10.5 Å². The maximum Gasteiger partial charge on any atom is 0.407 e. The quantitative estimate of drug-likeness (QED) is 0.229. The van der Waals surface area contributed by atoms with Crippen molar-refractivity contribution in [2.45, 2.75) is 39.2 Å². The van der Waals surface area contributed by atoms with Crippen LogP contribution in [0.4, 0.5) is 16.2 Å². The molecule has 1 heterocycles. The molecule has 1 amide bonds. The number of alkyl carbamates (subject to hydrolysis) is 1. The van der Waals surface area contributed by atoms with Crippen LogP contribution in [0.3, 0.4) is 0 Å². The Kier molecular flexibility index (Phi) is 6.66. The Hall–Kier alpha value is -3.04. The lowest BCUT2D eigenvalue weighted by molar-refractivity contribution is -0.384. The third-order valence-electron chi connectivity index (χ3n) is 4.37. The number of benzene rings is 1. The summed E-state index contributed by atoms with van der Waals surface area (Å²) in [4.78, 5) is 24.8. The van der Waals surface area contributed by atoms with Crippen LogP contribution in [0.5, 0.6) is 0 Å². The Labute approximate surface area is 163 Å². The zero-order chi connectivity index (χ0) is 20.9. The Balaban J connectivity index is 2.12. The average Bonchev–Trinajstić information content (AvgIpc) is 2.64. The molecule has 154 valence electrons. The predicted molar refractivity (Wildman–Crippen MR) is 105 cm³/mol. The number of nitro benzene ring substituents is 1. The van der Waals surface area contributed by atoms with Crippen LogP contribution in [0.2, 0.25) is 0 Å². The van der Waals surface area contributed by atoms with Crippen molar-refractivity contribution in [3.05, 3.63) is 33.9 Å². The van der Waals surface area contributed by atoms with Crippen LogP contribution >= 0.6 is 0 Å². The van der Waals surface area contributed by atoms with Crippen LogP contribution in [0.1, 0.15) is 39.2 Å². The fraction of sp³-hybridized carbons (Fsp3) is 0.556. The first-order valence-electron chi connectivity index (χ1n) is 9.09. The van der Waals surface area contributed by atoms with Crippen LogP contribution in [0.15, 0.2) is 23.4 Å². The van der Waals surface area contributed by atoms with Gasteiger partial charge in [-0.3, -0.25) is 10.1 Å². The Morgan fingerprint density at radius 3 is 2.82 bits per heavy atom. The number of amides is 1. The maximum atomic E-state index is 11.9. The zero-order valence-corrected chi connectivity index (χ0v) is 16.3. The Bertz CT molecular complexity index is 759. The lowest BCUT2D eigenvalue weighted by atomic mass is 9.97. The smallest absolute Gasteiger partial charge is 0.407 e. The molecule has 2 rings (SSSR count). The van der Waals surface area contributed by atoms with Crippen molar-refractivity contribution < 1.29 is 19.7 Å². The highest BCUT2D eigenvalue weighted by Crippen LogP contribution is 2.32. The van der Waals surface area contributed by atoms with Gasteiger partial charge in [-0.1, -0.05) is 5.16 Å². The van der Waals surface area contributed by atoms with Gasteiger partial charge in [0.2, 0.25) is 0 Å². The molecule has 0 aromatic heterocycles. The summed E-state index contributed by atoms with van der Waals surface area (Å²) < 4.78 is 5.24. The van der Waals surface area contributed by atoms with E-state index in [0.29, 0.717) is 30.9 Å². The van der Waals surface area contributed by atoms with E-state index in [-0.39, 0.29) is 17.4 Å². The van der Waals surface area contributed by atoms with Crippen LogP contribution in [-0.4, -0.2) is 47.3 Å². The molecule has 1 aliphatic rings. The van der Waals surface area contributed by atoms with E-state index in [1.54, 1.807) is 26.8 Å². The minimum atomic E-state index is -0.572. The molecule has 1 atom stereocenters. The molecule has 1 unspecified atom stereocenters. The standard InChI is InChI=1S/C18H27N5O5/c1-18(2,3)28-17(24)20-10-12-5-4-8-22(11-12)15-9-13(16(19)21-25)6-7-14(15)23(26)27/h6-7,9,12,25H,4-5,8,10-11H2,1-3H3,(H2,19,21)(H,20,24). The summed E-state index contributed by atoms with van der Waals surface area (Å²) in [7, 11) is 0. The summed E-state index contributed by atoms with van der Waals surface area (Å²) in [6.07, 6.45) is 1.23. The maximum absolute atomic E-state index is 11.9. The molecule has 10 nitrogen and oxygen atoms in total. The van der Waals surface area contributed by atoms with Crippen LogP contribution < -0.4 is 16.0 Å². The fourth-order valence-electron chi connectivity index (χ4n) is 3.14. The average molecular weight is 393 g/mol. The number of carbonyl (C=O) groups is 1. The molecule has 28 heavy (non-hydrogen) atoms. The molecule has 0 bridgehead atoms. The zero-order valence-electron chi connectivity index (χ0n) is 16.3. The minimum Gasteiger partial charge on any atom is -0.444 e. The lowest BCUT2D eigenvalue weighted by Crippen LogP contribution is -2.42. The normalized spacial score (nSPS) is 17.9. The van der Waals surface area contributed by atoms with Crippen molar-refractivity contribution in [1.29, 1.82) is 0 Å². The molecule has 10 heteroatoms. The second-order valence-electron chi connectivity index (χ2n) is 7.78. The number of amidine groups is 1. The number of hydrogen-bond donors (Lipinski definition) is 3. The molecule has 1 aromatic rings. The molecule has 1 saturated heterocycles. The number of nitrogens with two attached hydrogens (primary N) is 1. The molecule has 4 N–H and O–H groups in total. The van der Waals surface area contributed by atoms with Gasteiger partial charge in [0.15, 0.2) is 5.84 Å². The number of oxime groups is 1. The number of piperidine rings is 1. The molecular weight excluding hydrogens is 366 g/mol. The van der Waals surface area contributed by atoms with Gasteiger partial charge in [-0.15, -0.1) is 0 Å². The molecule has 0 spiro atoms. The lowest BCUT2D eigenvalue weighted by Gasteiger charge is -2.34. The SMILES string of the molecule is CC(C)(C)OC(=O)NCC1CCCN(c2cc(/C(N)=N/O)ccc2[N+](=O)[O-])C1. The van der Waals surface area contributed by atoms with E-state index in [9.17, 15) is 14.9 Å². The van der Waals surface area contributed by atoms with E-state index < -0.39 is 16.6 Å². The first kappa shape index (κ1) is 21.3. The van der Waals surface area contributed by atoms with E-state index in [1.165, 1.54) is 12.1 Å². The summed E-state index contributed by atoms with van der Waals surface area (Å²) in [5.41, 5.74) is 5.82. The minimum absolute atomic E-state index is 0.0461. The summed E-state index contributed by atoms with van der Waals surface area (Å²) >= 11 is 0. The van der Waals surface area contributed by atoms with Crippen LogP contribution in [0, 0.1) is 16.0 Å². The monoisotopic (exact) mass is 393 g/mol. The number of nitrogens with zero attached hydrogens (tertiary/aromatic N) is 3.